The van der Waals surface area contributed by atoms with Gasteiger partial charge in [0, 0.05) is 23.6 Å². The van der Waals surface area contributed by atoms with Crippen LogP contribution in [0.1, 0.15) is 0 Å². The van der Waals surface area contributed by atoms with Gasteiger partial charge in [-0.1, -0.05) is 6.07 Å². The predicted molar refractivity (Wildman–Crippen MR) is 116 cm³/mol. The maximum atomic E-state index is 12.0. The minimum Gasteiger partial charge on any atom is -0.340 e. The van der Waals surface area contributed by atoms with Crippen molar-refractivity contribution in [3.05, 3.63) is 78.6 Å². The van der Waals surface area contributed by atoms with Gasteiger partial charge in [-0.3, -0.25) is 5.32 Å². The zero-order chi connectivity index (χ0) is 19.9. The quantitative estimate of drug-likeness (QED) is 0.359. The van der Waals surface area contributed by atoms with E-state index in [9.17, 15) is 4.79 Å². The van der Waals surface area contributed by atoms with E-state index < -0.39 is 0 Å². The molecule has 0 fully saturated rings. The molecule has 2 amide bonds. The molecule has 4 N–H and O–H groups in total. The molecule has 8 nitrogen and oxygen atoms in total. The van der Waals surface area contributed by atoms with Crippen LogP contribution in [0.25, 0.3) is 0 Å². The van der Waals surface area contributed by atoms with E-state index in [1.165, 1.54) is 17.7 Å². The highest BCUT2D eigenvalue weighted by Crippen LogP contribution is 2.20. The van der Waals surface area contributed by atoms with E-state index in [0.717, 1.165) is 10.7 Å². The topological polar surface area (TPSA) is 104 Å². The molecule has 0 unspecified atom stereocenters. The number of aromatic nitrogens is 3. The molecule has 0 aliphatic carbocycles. The zero-order valence-electron chi connectivity index (χ0n) is 15.2. The first-order valence-electron chi connectivity index (χ1n) is 8.73. The first-order chi connectivity index (χ1) is 14.2. The smallest absolute Gasteiger partial charge is 0.324 e. The summed E-state index contributed by atoms with van der Waals surface area (Å²) in [4.78, 5) is 24.6. The Bertz CT molecular complexity index is 1070. The third-order valence-corrected chi connectivity index (χ3v) is 4.55. The lowest BCUT2D eigenvalue weighted by molar-refractivity contribution is 0.262. The number of urea groups is 1. The number of pyridine rings is 1. The predicted octanol–water partition coefficient (Wildman–Crippen LogP) is 5.06. The molecule has 0 atom stereocenters. The molecule has 3 aromatic heterocycles. The van der Waals surface area contributed by atoms with Crippen molar-refractivity contribution < 1.29 is 4.79 Å². The van der Waals surface area contributed by atoms with Crippen molar-refractivity contribution in [2.24, 2.45) is 0 Å². The van der Waals surface area contributed by atoms with Crippen LogP contribution in [0.2, 0.25) is 0 Å². The SMILES string of the molecule is O=C(Nc1ccc(Nc2cc(Nc3ccccn3)ncn2)cc1)Nc1cccs1. The summed E-state index contributed by atoms with van der Waals surface area (Å²) in [5, 5.41) is 14.6. The number of rotatable bonds is 6. The van der Waals surface area contributed by atoms with Crippen LogP contribution in [0.3, 0.4) is 0 Å². The van der Waals surface area contributed by atoms with Crippen LogP contribution in [-0.4, -0.2) is 21.0 Å². The first kappa shape index (κ1) is 18.4. The van der Waals surface area contributed by atoms with Crippen LogP contribution in [0.5, 0.6) is 0 Å². The van der Waals surface area contributed by atoms with E-state index >= 15 is 0 Å². The third-order valence-electron chi connectivity index (χ3n) is 3.76. The highest BCUT2D eigenvalue weighted by molar-refractivity contribution is 7.14. The summed E-state index contributed by atoms with van der Waals surface area (Å²) in [7, 11) is 0. The Labute approximate surface area is 171 Å². The van der Waals surface area contributed by atoms with Gasteiger partial charge in [-0.05, 0) is 53.9 Å². The van der Waals surface area contributed by atoms with Gasteiger partial charge in [-0.2, -0.15) is 0 Å². The normalized spacial score (nSPS) is 10.2. The second-order valence-electron chi connectivity index (χ2n) is 5.89. The summed E-state index contributed by atoms with van der Waals surface area (Å²) in [6.07, 6.45) is 3.18. The molecule has 4 aromatic rings. The van der Waals surface area contributed by atoms with Gasteiger partial charge < -0.3 is 16.0 Å². The van der Waals surface area contributed by atoms with Crippen molar-refractivity contribution in [3.8, 4) is 0 Å². The molecule has 0 bridgehead atoms. The van der Waals surface area contributed by atoms with E-state index in [4.69, 9.17) is 0 Å². The Morgan fingerprint density at radius 3 is 2.28 bits per heavy atom. The molecule has 0 spiro atoms. The van der Waals surface area contributed by atoms with E-state index in [2.05, 4.69) is 36.2 Å². The van der Waals surface area contributed by atoms with E-state index in [0.29, 0.717) is 23.1 Å². The van der Waals surface area contributed by atoms with Gasteiger partial charge in [0.25, 0.3) is 0 Å². The lowest BCUT2D eigenvalue weighted by Gasteiger charge is -2.10. The molecule has 0 aliphatic heterocycles. The number of carbonyl (C=O) groups excluding carboxylic acids is 1. The molecular formula is C20H17N7OS. The van der Waals surface area contributed by atoms with Gasteiger partial charge >= 0.3 is 6.03 Å². The Kier molecular flexibility index (Phi) is 5.58. The maximum absolute atomic E-state index is 12.0. The highest BCUT2D eigenvalue weighted by atomic mass is 32.1. The van der Waals surface area contributed by atoms with Gasteiger partial charge in [0.15, 0.2) is 0 Å². The van der Waals surface area contributed by atoms with Gasteiger partial charge in [-0.15, -0.1) is 11.3 Å². The number of hydrogen-bond donors (Lipinski definition) is 4. The minimum atomic E-state index is -0.283. The van der Waals surface area contributed by atoms with Crippen molar-refractivity contribution in [2.45, 2.75) is 0 Å². The molecule has 4 rings (SSSR count). The Hall–Kier alpha value is -3.98. The number of hydrogen-bond acceptors (Lipinski definition) is 7. The fraction of sp³-hybridized carbons (Fsp3) is 0. The monoisotopic (exact) mass is 403 g/mol. The summed E-state index contributed by atoms with van der Waals surface area (Å²) < 4.78 is 0. The largest absolute Gasteiger partial charge is 0.340 e. The average Bonchev–Trinajstić information content (AvgIpc) is 3.23. The number of nitrogens with zero attached hydrogens (tertiary/aromatic N) is 3. The summed E-state index contributed by atoms with van der Waals surface area (Å²) in [5.74, 6) is 1.97. The van der Waals surface area contributed by atoms with Crippen LogP contribution >= 0.6 is 11.3 Å². The molecular weight excluding hydrogens is 386 g/mol. The van der Waals surface area contributed by atoms with E-state index in [1.807, 2.05) is 60.0 Å². The Morgan fingerprint density at radius 2 is 1.55 bits per heavy atom. The third kappa shape index (κ3) is 5.27. The van der Waals surface area contributed by atoms with Gasteiger partial charge in [-0.25, -0.2) is 19.7 Å². The molecule has 0 aliphatic rings. The summed E-state index contributed by atoms with van der Waals surface area (Å²) in [5.41, 5.74) is 1.52. The van der Waals surface area contributed by atoms with Crippen LogP contribution in [0, 0.1) is 0 Å². The highest BCUT2D eigenvalue weighted by Gasteiger charge is 2.04. The summed E-state index contributed by atoms with van der Waals surface area (Å²) in [6.45, 7) is 0. The second-order valence-corrected chi connectivity index (χ2v) is 6.83. The number of amides is 2. The average molecular weight is 403 g/mol. The molecule has 144 valence electrons. The molecule has 1 aromatic carbocycles. The lowest BCUT2D eigenvalue weighted by Crippen LogP contribution is -2.18. The molecule has 9 heteroatoms. The first-order valence-corrected chi connectivity index (χ1v) is 9.61. The fourth-order valence-corrected chi connectivity index (χ4v) is 3.08. The second kappa shape index (κ2) is 8.81. The molecule has 0 radical (unpaired) electrons. The van der Waals surface area contributed by atoms with Crippen molar-refractivity contribution >= 4 is 51.2 Å². The number of carbonyl (C=O) groups is 1. The fourth-order valence-electron chi connectivity index (χ4n) is 2.47. The van der Waals surface area contributed by atoms with Gasteiger partial charge in [0.1, 0.15) is 23.8 Å². The lowest BCUT2D eigenvalue weighted by atomic mass is 10.3. The molecule has 0 saturated heterocycles. The van der Waals surface area contributed by atoms with Crippen LogP contribution in [-0.2, 0) is 0 Å². The van der Waals surface area contributed by atoms with Crippen molar-refractivity contribution in [3.63, 3.8) is 0 Å². The number of benzene rings is 1. The molecule has 29 heavy (non-hydrogen) atoms. The minimum absolute atomic E-state index is 0.283. The zero-order valence-corrected chi connectivity index (χ0v) is 16.0. The van der Waals surface area contributed by atoms with Gasteiger partial charge in [0.2, 0.25) is 0 Å². The van der Waals surface area contributed by atoms with Gasteiger partial charge in [0.05, 0.1) is 5.00 Å². The summed E-state index contributed by atoms with van der Waals surface area (Å²) in [6, 6.07) is 18.2. The van der Waals surface area contributed by atoms with Crippen LogP contribution in [0.15, 0.2) is 78.6 Å². The Balaban J connectivity index is 1.36. The summed E-state index contributed by atoms with van der Waals surface area (Å²) >= 11 is 1.46. The van der Waals surface area contributed by atoms with Crippen molar-refractivity contribution in [1.29, 1.82) is 0 Å². The van der Waals surface area contributed by atoms with Crippen molar-refractivity contribution in [2.75, 3.05) is 21.3 Å². The maximum Gasteiger partial charge on any atom is 0.324 e. The molecule has 0 saturated carbocycles. The molecule has 3 heterocycles. The van der Waals surface area contributed by atoms with Crippen LogP contribution in [0.4, 0.5) is 38.6 Å². The number of anilines is 6. The van der Waals surface area contributed by atoms with Crippen LogP contribution < -0.4 is 21.3 Å². The number of nitrogens with one attached hydrogen (secondary N) is 4. The van der Waals surface area contributed by atoms with Crippen molar-refractivity contribution in [1.82, 2.24) is 15.0 Å². The number of thiophene rings is 1. The Morgan fingerprint density at radius 1 is 0.759 bits per heavy atom. The van der Waals surface area contributed by atoms with E-state index in [1.54, 1.807) is 12.3 Å². The van der Waals surface area contributed by atoms with E-state index in [-0.39, 0.29) is 6.03 Å². The standard InChI is InChI=1S/C20H17N7OS/c28-20(27-19-5-3-11-29-19)25-15-8-6-14(7-9-15)24-17-12-18(23-13-22-17)26-16-4-1-2-10-21-16/h1-13H,(H2,25,27,28)(H2,21,22,23,24,26).